The fraction of sp³-hybridized carbons (Fsp3) is 0.160. The number of amides is 1. The van der Waals surface area contributed by atoms with E-state index in [9.17, 15) is 14.4 Å². The van der Waals surface area contributed by atoms with Crippen molar-refractivity contribution in [3.8, 4) is 5.75 Å². The molecule has 162 valence electrons. The summed E-state index contributed by atoms with van der Waals surface area (Å²) in [4.78, 5) is 37.4. The third-order valence-electron chi connectivity index (χ3n) is 5.15. The molecule has 1 amide bonds. The van der Waals surface area contributed by atoms with Crippen LogP contribution in [0.25, 0.3) is 21.8 Å². The first-order valence-corrected chi connectivity index (χ1v) is 10.1. The molecule has 1 N–H and O–H groups in total. The van der Waals surface area contributed by atoms with Crippen LogP contribution in [-0.2, 0) is 27.4 Å². The molecule has 0 aliphatic carbocycles. The Labute approximate surface area is 184 Å². The van der Waals surface area contributed by atoms with Crippen molar-refractivity contribution < 1.29 is 19.1 Å². The number of methoxy groups -OCH3 is 1. The predicted octanol–water partition coefficient (Wildman–Crippen LogP) is 3.02. The van der Waals surface area contributed by atoms with Crippen molar-refractivity contribution in [3.63, 3.8) is 0 Å². The van der Waals surface area contributed by atoms with Crippen LogP contribution in [0.15, 0.2) is 77.6 Å². The van der Waals surface area contributed by atoms with Gasteiger partial charge in [0.1, 0.15) is 12.3 Å². The number of aromatic nitrogens is 1. The number of pyridine rings is 1. The Morgan fingerprint density at radius 2 is 1.56 bits per heavy atom. The van der Waals surface area contributed by atoms with Gasteiger partial charge in [-0.3, -0.25) is 14.4 Å². The largest absolute Gasteiger partial charge is 0.497 e. The molecule has 0 spiro atoms. The van der Waals surface area contributed by atoms with Crippen LogP contribution < -0.4 is 15.5 Å². The maximum Gasteiger partial charge on any atom is 0.326 e. The fourth-order valence-electron chi connectivity index (χ4n) is 3.60. The summed E-state index contributed by atoms with van der Waals surface area (Å²) >= 11 is 0. The molecule has 1 aromatic heterocycles. The Hall–Kier alpha value is -4.13. The second-order valence-electron chi connectivity index (χ2n) is 7.24. The van der Waals surface area contributed by atoms with E-state index in [1.807, 2.05) is 36.4 Å². The molecule has 0 aliphatic rings. The summed E-state index contributed by atoms with van der Waals surface area (Å²) in [6.45, 7) is -0.216. The first kappa shape index (κ1) is 21.1. The first-order valence-electron chi connectivity index (χ1n) is 10.1. The molecule has 0 saturated carbocycles. The van der Waals surface area contributed by atoms with Crippen molar-refractivity contribution in [1.82, 2.24) is 9.88 Å². The van der Waals surface area contributed by atoms with Gasteiger partial charge < -0.3 is 19.4 Å². The molecule has 3 aromatic carbocycles. The Bertz CT molecular complexity index is 1300. The van der Waals surface area contributed by atoms with Crippen LogP contribution in [-0.4, -0.2) is 30.2 Å². The third-order valence-corrected chi connectivity index (χ3v) is 5.15. The number of hydrogen-bond acceptors (Lipinski definition) is 5. The van der Waals surface area contributed by atoms with Crippen molar-refractivity contribution in [2.75, 3.05) is 13.7 Å². The zero-order valence-electron chi connectivity index (χ0n) is 17.5. The van der Waals surface area contributed by atoms with Gasteiger partial charge in [0.25, 0.3) is 5.91 Å². The quantitative estimate of drug-likeness (QED) is 0.360. The van der Waals surface area contributed by atoms with Gasteiger partial charge in [-0.05, 0) is 42.0 Å². The molecule has 0 unspecified atom stereocenters. The van der Waals surface area contributed by atoms with Crippen LogP contribution in [0.2, 0.25) is 0 Å². The highest BCUT2D eigenvalue weighted by Gasteiger charge is 2.14. The highest BCUT2D eigenvalue weighted by Crippen LogP contribution is 2.19. The van der Waals surface area contributed by atoms with Gasteiger partial charge in [-0.25, -0.2) is 0 Å². The van der Waals surface area contributed by atoms with Crippen molar-refractivity contribution in [2.45, 2.75) is 13.1 Å². The lowest BCUT2D eigenvalue weighted by Crippen LogP contribution is -2.29. The summed E-state index contributed by atoms with van der Waals surface area (Å²) < 4.78 is 12.1. The Kier molecular flexibility index (Phi) is 6.17. The molecule has 4 aromatic rings. The minimum atomic E-state index is -0.569. The monoisotopic (exact) mass is 430 g/mol. The molecule has 7 heteroatoms. The number of nitrogens with zero attached hydrogens (tertiary/aromatic N) is 1. The molecule has 0 radical (unpaired) electrons. The number of hydrogen-bond donors (Lipinski definition) is 1. The van der Waals surface area contributed by atoms with Crippen LogP contribution in [0, 0.1) is 0 Å². The van der Waals surface area contributed by atoms with E-state index in [0.29, 0.717) is 34.1 Å². The number of benzene rings is 3. The van der Waals surface area contributed by atoms with Crippen molar-refractivity contribution in [2.24, 2.45) is 0 Å². The van der Waals surface area contributed by atoms with Crippen molar-refractivity contribution in [3.05, 3.63) is 88.6 Å². The SMILES string of the molecule is COc1cccc(CNC(=O)COC(=O)Cn2c3ccccc3c(=O)c3ccccc32)c1. The first-order chi connectivity index (χ1) is 15.6. The average Bonchev–Trinajstić information content (AvgIpc) is 2.84. The summed E-state index contributed by atoms with van der Waals surface area (Å²) in [5, 5.41) is 3.76. The number of ether oxygens (including phenoxy) is 2. The van der Waals surface area contributed by atoms with Gasteiger partial charge in [-0.2, -0.15) is 0 Å². The van der Waals surface area contributed by atoms with E-state index in [2.05, 4.69) is 5.32 Å². The van der Waals surface area contributed by atoms with Gasteiger partial charge in [-0.1, -0.05) is 36.4 Å². The van der Waals surface area contributed by atoms with E-state index in [1.54, 1.807) is 48.1 Å². The number of carbonyl (C=O) groups excluding carboxylic acids is 2. The van der Waals surface area contributed by atoms with Gasteiger partial charge in [0.05, 0.1) is 18.1 Å². The topological polar surface area (TPSA) is 86.6 Å². The molecule has 1 heterocycles. The minimum absolute atomic E-state index is 0.0854. The number of nitrogens with one attached hydrogen (secondary N) is 1. The second kappa shape index (κ2) is 9.34. The molecule has 32 heavy (non-hydrogen) atoms. The predicted molar refractivity (Wildman–Crippen MR) is 122 cm³/mol. The van der Waals surface area contributed by atoms with Crippen molar-refractivity contribution >= 4 is 33.7 Å². The van der Waals surface area contributed by atoms with Crippen molar-refractivity contribution in [1.29, 1.82) is 0 Å². The van der Waals surface area contributed by atoms with Gasteiger partial charge >= 0.3 is 5.97 Å². The maximum atomic E-state index is 12.8. The van der Waals surface area contributed by atoms with Gasteiger partial charge in [0.15, 0.2) is 12.0 Å². The van der Waals surface area contributed by atoms with Gasteiger partial charge in [-0.15, -0.1) is 0 Å². The Morgan fingerprint density at radius 3 is 2.22 bits per heavy atom. The molecule has 7 nitrogen and oxygen atoms in total. The smallest absolute Gasteiger partial charge is 0.326 e. The molecule has 4 rings (SSSR count). The van der Waals surface area contributed by atoms with Gasteiger partial charge in [0.2, 0.25) is 0 Å². The van der Waals surface area contributed by atoms with Gasteiger partial charge in [0, 0.05) is 17.3 Å². The number of fused-ring (bicyclic) bond motifs is 2. The van der Waals surface area contributed by atoms with Crippen LogP contribution in [0.1, 0.15) is 5.56 Å². The van der Waals surface area contributed by atoms with E-state index in [-0.39, 0.29) is 12.0 Å². The van der Waals surface area contributed by atoms with E-state index >= 15 is 0 Å². The lowest BCUT2D eigenvalue weighted by atomic mass is 10.1. The number of esters is 1. The average molecular weight is 430 g/mol. The lowest BCUT2D eigenvalue weighted by Gasteiger charge is -2.14. The van der Waals surface area contributed by atoms with Crippen LogP contribution >= 0.6 is 0 Å². The number of carbonyl (C=O) groups is 2. The van der Waals surface area contributed by atoms with Crippen LogP contribution in [0.3, 0.4) is 0 Å². The molecular weight excluding hydrogens is 408 g/mol. The zero-order chi connectivity index (χ0) is 22.5. The molecule has 0 fully saturated rings. The molecule has 0 atom stereocenters. The third kappa shape index (κ3) is 4.46. The molecule has 0 aliphatic heterocycles. The molecule has 0 bridgehead atoms. The summed E-state index contributed by atoms with van der Waals surface area (Å²) in [5.41, 5.74) is 2.05. The normalized spacial score (nSPS) is 10.8. The lowest BCUT2D eigenvalue weighted by molar-refractivity contribution is -0.149. The molecule has 0 saturated heterocycles. The summed E-state index contributed by atoms with van der Waals surface area (Å²) in [6, 6.07) is 21.6. The van der Waals surface area contributed by atoms with Crippen LogP contribution in [0.5, 0.6) is 5.75 Å². The zero-order valence-corrected chi connectivity index (χ0v) is 17.5. The highest BCUT2D eigenvalue weighted by molar-refractivity contribution is 5.94. The molecular formula is C25H22N2O5. The fourth-order valence-corrected chi connectivity index (χ4v) is 3.60. The Morgan fingerprint density at radius 1 is 0.906 bits per heavy atom. The minimum Gasteiger partial charge on any atom is -0.497 e. The number of para-hydroxylation sites is 2. The van der Waals surface area contributed by atoms with E-state index < -0.39 is 18.5 Å². The summed E-state index contributed by atoms with van der Waals surface area (Å²) in [6.07, 6.45) is 0. The highest BCUT2D eigenvalue weighted by atomic mass is 16.5. The standard InChI is InChI=1S/C25H22N2O5/c1-31-18-8-6-7-17(13-18)14-26-23(28)16-32-24(29)15-27-21-11-4-2-9-19(21)25(30)20-10-3-5-12-22(20)27/h2-13H,14-16H2,1H3,(H,26,28). The summed E-state index contributed by atoms with van der Waals surface area (Å²) in [7, 11) is 1.58. The van der Waals surface area contributed by atoms with E-state index in [0.717, 1.165) is 5.56 Å². The number of rotatable bonds is 7. The second-order valence-corrected chi connectivity index (χ2v) is 7.24. The summed E-state index contributed by atoms with van der Waals surface area (Å²) in [5.74, 6) is -0.278. The van der Waals surface area contributed by atoms with Crippen LogP contribution in [0.4, 0.5) is 0 Å². The Balaban J connectivity index is 1.44. The van der Waals surface area contributed by atoms with E-state index in [4.69, 9.17) is 9.47 Å². The van der Waals surface area contributed by atoms with E-state index in [1.165, 1.54) is 0 Å². The maximum absolute atomic E-state index is 12.8.